The Kier molecular flexibility index (Phi) is 4.96. The first-order valence-electron chi connectivity index (χ1n) is 7.58. The molecule has 0 bridgehead atoms. The SMILES string of the molecule is Cc1cc(C)n2nc(SCCOc3ccc(CC#N)cc3)nc2n1. The predicted octanol–water partition coefficient (Wildman–Crippen LogP) is 2.98. The Labute approximate surface area is 144 Å². The van der Waals surface area contributed by atoms with Gasteiger partial charge >= 0.3 is 0 Å². The van der Waals surface area contributed by atoms with Gasteiger partial charge in [0.1, 0.15) is 5.75 Å². The van der Waals surface area contributed by atoms with Crippen LogP contribution in [0.3, 0.4) is 0 Å². The van der Waals surface area contributed by atoms with Crippen LogP contribution in [0.2, 0.25) is 0 Å². The van der Waals surface area contributed by atoms with Gasteiger partial charge in [0, 0.05) is 17.1 Å². The molecule has 0 saturated carbocycles. The molecule has 2 aromatic heterocycles. The molecule has 0 spiro atoms. The molecule has 3 aromatic rings. The molecule has 0 aliphatic carbocycles. The van der Waals surface area contributed by atoms with Crippen molar-refractivity contribution >= 4 is 17.5 Å². The Morgan fingerprint density at radius 1 is 1.21 bits per heavy atom. The van der Waals surface area contributed by atoms with Crippen molar-refractivity contribution < 1.29 is 4.74 Å². The van der Waals surface area contributed by atoms with Crippen molar-refractivity contribution in [1.29, 1.82) is 5.26 Å². The molecule has 6 nitrogen and oxygen atoms in total. The van der Waals surface area contributed by atoms with Crippen molar-refractivity contribution in [3.8, 4) is 11.8 Å². The molecule has 0 amide bonds. The molecule has 0 unspecified atom stereocenters. The smallest absolute Gasteiger partial charge is 0.253 e. The number of aromatic nitrogens is 4. The minimum atomic E-state index is 0.419. The monoisotopic (exact) mass is 339 g/mol. The van der Waals surface area contributed by atoms with E-state index in [-0.39, 0.29) is 0 Å². The van der Waals surface area contributed by atoms with E-state index in [2.05, 4.69) is 21.1 Å². The molecule has 1 aromatic carbocycles. The highest BCUT2D eigenvalue weighted by molar-refractivity contribution is 7.99. The van der Waals surface area contributed by atoms with Gasteiger partial charge in [0.05, 0.1) is 19.1 Å². The van der Waals surface area contributed by atoms with Crippen molar-refractivity contribution in [1.82, 2.24) is 19.6 Å². The third-order valence-corrected chi connectivity index (χ3v) is 4.19. The maximum absolute atomic E-state index is 8.65. The molecule has 0 N–H and O–H groups in total. The summed E-state index contributed by atoms with van der Waals surface area (Å²) in [5, 5.41) is 13.8. The molecule has 2 heterocycles. The van der Waals surface area contributed by atoms with Gasteiger partial charge in [-0.25, -0.2) is 9.50 Å². The zero-order valence-electron chi connectivity index (χ0n) is 13.6. The lowest BCUT2D eigenvalue weighted by atomic mass is 10.2. The minimum absolute atomic E-state index is 0.419. The van der Waals surface area contributed by atoms with Gasteiger partial charge in [-0.15, -0.1) is 5.10 Å². The summed E-state index contributed by atoms with van der Waals surface area (Å²) in [7, 11) is 0. The predicted molar refractivity (Wildman–Crippen MR) is 92.2 cm³/mol. The van der Waals surface area contributed by atoms with E-state index in [9.17, 15) is 0 Å². The van der Waals surface area contributed by atoms with E-state index in [1.807, 2.05) is 44.2 Å². The number of nitriles is 1. The van der Waals surface area contributed by atoms with E-state index in [0.29, 0.717) is 24.0 Å². The Hall–Kier alpha value is -2.59. The fourth-order valence-electron chi connectivity index (χ4n) is 2.30. The molecule has 7 heteroatoms. The molecule has 0 aliphatic rings. The van der Waals surface area contributed by atoms with Crippen LogP contribution in [-0.4, -0.2) is 31.9 Å². The number of nitrogens with zero attached hydrogens (tertiary/aromatic N) is 5. The summed E-state index contributed by atoms with van der Waals surface area (Å²) >= 11 is 1.54. The molecule has 0 fully saturated rings. The Morgan fingerprint density at radius 2 is 2.00 bits per heavy atom. The molecule has 0 saturated heterocycles. The lowest BCUT2D eigenvalue weighted by Crippen LogP contribution is -2.00. The average Bonchev–Trinajstić information content (AvgIpc) is 2.96. The minimum Gasteiger partial charge on any atom is -0.493 e. The molecular weight excluding hydrogens is 322 g/mol. The van der Waals surface area contributed by atoms with E-state index in [4.69, 9.17) is 10.00 Å². The van der Waals surface area contributed by atoms with Crippen LogP contribution in [0.25, 0.3) is 5.78 Å². The maximum atomic E-state index is 8.65. The van der Waals surface area contributed by atoms with Gasteiger partial charge in [-0.1, -0.05) is 23.9 Å². The number of hydrogen-bond acceptors (Lipinski definition) is 6. The first kappa shape index (κ1) is 16.3. The first-order chi connectivity index (χ1) is 11.7. The number of ether oxygens (including phenoxy) is 1. The van der Waals surface area contributed by atoms with Gasteiger partial charge < -0.3 is 4.74 Å². The standard InChI is InChI=1S/C17H17N5OS/c1-12-11-13(2)22-16(19-12)20-17(21-22)24-10-9-23-15-5-3-14(4-6-15)7-8-18/h3-6,11H,7,9-10H2,1-2H3. The number of hydrogen-bond donors (Lipinski definition) is 0. The second kappa shape index (κ2) is 7.32. The van der Waals surface area contributed by atoms with Crippen molar-refractivity contribution in [3.05, 3.63) is 47.3 Å². The maximum Gasteiger partial charge on any atom is 0.253 e. The van der Waals surface area contributed by atoms with Crippen molar-refractivity contribution in [2.75, 3.05) is 12.4 Å². The van der Waals surface area contributed by atoms with Crippen LogP contribution >= 0.6 is 11.8 Å². The summed E-state index contributed by atoms with van der Waals surface area (Å²) in [5.41, 5.74) is 2.95. The third-order valence-electron chi connectivity index (χ3n) is 3.39. The second-order valence-corrected chi connectivity index (χ2v) is 6.38. The third kappa shape index (κ3) is 3.84. The molecular formula is C17H17N5OS. The van der Waals surface area contributed by atoms with Crippen LogP contribution in [-0.2, 0) is 6.42 Å². The van der Waals surface area contributed by atoms with Gasteiger partial charge in [0.25, 0.3) is 5.78 Å². The van der Waals surface area contributed by atoms with Crippen LogP contribution in [0, 0.1) is 25.2 Å². The largest absolute Gasteiger partial charge is 0.493 e. The number of fused-ring (bicyclic) bond motifs is 1. The summed E-state index contributed by atoms with van der Waals surface area (Å²) in [4.78, 5) is 8.81. The van der Waals surface area contributed by atoms with Gasteiger partial charge in [-0.2, -0.15) is 10.2 Å². The summed E-state index contributed by atoms with van der Waals surface area (Å²) in [6.45, 7) is 4.50. The summed E-state index contributed by atoms with van der Waals surface area (Å²) in [6, 6.07) is 11.7. The van der Waals surface area contributed by atoms with Crippen LogP contribution in [0.1, 0.15) is 17.0 Å². The van der Waals surface area contributed by atoms with Crippen molar-refractivity contribution in [2.45, 2.75) is 25.4 Å². The van der Waals surface area contributed by atoms with Gasteiger partial charge in [-0.05, 0) is 37.6 Å². The molecule has 0 atom stereocenters. The quantitative estimate of drug-likeness (QED) is 0.507. The fraction of sp³-hybridized carbons (Fsp3) is 0.294. The highest BCUT2D eigenvalue weighted by Gasteiger charge is 2.08. The molecule has 3 rings (SSSR count). The van der Waals surface area contributed by atoms with E-state index >= 15 is 0 Å². The topological polar surface area (TPSA) is 76.1 Å². The molecule has 122 valence electrons. The zero-order valence-corrected chi connectivity index (χ0v) is 14.4. The Balaban J connectivity index is 1.53. The highest BCUT2D eigenvalue weighted by atomic mass is 32.2. The van der Waals surface area contributed by atoms with E-state index < -0.39 is 0 Å². The van der Waals surface area contributed by atoms with E-state index in [0.717, 1.165) is 28.5 Å². The van der Waals surface area contributed by atoms with Gasteiger partial charge in [0.2, 0.25) is 5.16 Å². The molecule has 0 radical (unpaired) electrons. The van der Waals surface area contributed by atoms with Crippen LogP contribution in [0.15, 0.2) is 35.5 Å². The average molecular weight is 339 g/mol. The molecule has 0 aliphatic heterocycles. The second-order valence-electron chi connectivity index (χ2n) is 5.32. The summed E-state index contributed by atoms with van der Waals surface area (Å²) < 4.78 is 7.45. The summed E-state index contributed by atoms with van der Waals surface area (Å²) in [5.74, 6) is 2.17. The number of benzene rings is 1. The van der Waals surface area contributed by atoms with Crippen LogP contribution < -0.4 is 4.74 Å². The normalized spacial score (nSPS) is 10.7. The number of rotatable bonds is 6. The van der Waals surface area contributed by atoms with Gasteiger partial charge in [-0.3, -0.25) is 0 Å². The van der Waals surface area contributed by atoms with Crippen molar-refractivity contribution in [2.24, 2.45) is 0 Å². The summed E-state index contributed by atoms with van der Waals surface area (Å²) in [6.07, 6.45) is 0.419. The zero-order chi connectivity index (χ0) is 16.9. The van der Waals surface area contributed by atoms with Crippen molar-refractivity contribution in [3.63, 3.8) is 0 Å². The lowest BCUT2D eigenvalue weighted by molar-refractivity contribution is 0.344. The van der Waals surface area contributed by atoms with E-state index in [1.165, 1.54) is 0 Å². The lowest BCUT2D eigenvalue weighted by Gasteiger charge is -2.05. The van der Waals surface area contributed by atoms with Crippen LogP contribution in [0.4, 0.5) is 0 Å². The van der Waals surface area contributed by atoms with E-state index in [1.54, 1.807) is 16.3 Å². The number of aryl methyl sites for hydroxylation is 2. The Morgan fingerprint density at radius 3 is 2.75 bits per heavy atom. The fourth-order valence-corrected chi connectivity index (χ4v) is 2.93. The van der Waals surface area contributed by atoms with Crippen LogP contribution in [0.5, 0.6) is 5.75 Å². The first-order valence-corrected chi connectivity index (χ1v) is 8.57. The highest BCUT2D eigenvalue weighted by Crippen LogP contribution is 2.17. The Bertz CT molecular complexity index is 882. The number of thioether (sulfide) groups is 1. The molecule has 24 heavy (non-hydrogen) atoms. The van der Waals surface area contributed by atoms with Gasteiger partial charge in [0.15, 0.2) is 0 Å².